The fourth-order valence-corrected chi connectivity index (χ4v) is 1.17. The highest BCUT2D eigenvalue weighted by Gasteiger charge is 1.90. The molecule has 0 amide bonds. The van der Waals surface area contributed by atoms with Crippen LogP contribution in [0.15, 0.2) is 42.0 Å². The molecule has 0 aliphatic rings. The first-order valence-electron chi connectivity index (χ1n) is 4.43. The zero-order valence-electron chi connectivity index (χ0n) is 8.27. The van der Waals surface area contributed by atoms with Gasteiger partial charge in [0.05, 0.1) is 0 Å². The summed E-state index contributed by atoms with van der Waals surface area (Å²) in [6.07, 6.45) is 4.74. The maximum absolute atomic E-state index is 10.3. The topological polar surface area (TPSA) is 37.3 Å². The van der Waals surface area contributed by atoms with E-state index in [4.69, 9.17) is 16.7 Å². The minimum Gasteiger partial charge on any atom is -0.478 e. The van der Waals surface area contributed by atoms with Gasteiger partial charge in [0.1, 0.15) is 0 Å². The summed E-state index contributed by atoms with van der Waals surface area (Å²) < 4.78 is 0. The van der Waals surface area contributed by atoms with Gasteiger partial charge in [-0.2, -0.15) is 0 Å². The largest absolute Gasteiger partial charge is 0.478 e. The van der Waals surface area contributed by atoms with Gasteiger partial charge < -0.3 is 5.11 Å². The Bertz CT molecular complexity index is 402. The molecular weight excluding hydrogens is 212 g/mol. The second-order valence-corrected chi connectivity index (χ2v) is 3.55. The van der Waals surface area contributed by atoms with Gasteiger partial charge in [0, 0.05) is 11.1 Å². The number of carbonyl (C=O) groups is 1. The lowest BCUT2D eigenvalue weighted by Gasteiger charge is -1.93. The van der Waals surface area contributed by atoms with Crippen molar-refractivity contribution in [1.82, 2.24) is 0 Å². The normalized spacial score (nSPS) is 12.0. The molecule has 0 spiro atoms. The van der Waals surface area contributed by atoms with Crippen molar-refractivity contribution in [2.75, 3.05) is 0 Å². The van der Waals surface area contributed by atoms with E-state index in [1.165, 1.54) is 0 Å². The first-order valence-corrected chi connectivity index (χ1v) is 4.80. The molecule has 1 aromatic rings. The van der Waals surface area contributed by atoms with Crippen LogP contribution >= 0.6 is 11.6 Å². The molecule has 0 aliphatic heterocycles. The Labute approximate surface area is 93.5 Å². The number of aliphatic carboxylic acids is 1. The predicted molar refractivity (Wildman–Crippen MR) is 61.9 cm³/mol. The molecular formula is C12H11ClO2. The Kier molecular flexibility index (Phi) is 4.13. The summed E-state index contributed by atoms with van der Waals surface area (Å²) in [4.78, 5) is 10.3. The molecule has 0 aliphatic carbocycles. The van der Waals surface area contributed by atoms with Gasteiger partial charge in [-0.15, -0.1) is 0 Å². The number of carboxylic acid groups (broad SMARTS) is 1. The van der Waals surface area contributed by atoms with E-state index in [0.717, 1.165) is 11.6 Å². The van der Waals surface area contributed by atoms with Crippen LogP contribution in [0.5, 0.6) is 0 Å². The Hall–Kier alpha value is -1.54. The monoisotopic (exact) mass is 222 g/mol. The van der Waals surface area contributed by atoms with Crippen LogP contribution in [0.25, 0.3) is 6.08 Å². The summed E-state index contributed by atoms with van der Waals surface area (Å²) in [5.74, 6) is -0.937. The maximum Gasteiger partial charge on any atom is 0.328 e. The number of hydrogen-bond acceptors (Lipinski definition) is 1. The first-order chi connectivity index (χ1) is 7.08. The number of halogens is 1. The quantitative estimate of drug-likeness (QED) is 0.629. The van der Waals surface area contributed by atoms with Crippen LogP contribution in [-0.2, 0) is 4.79 Å². The lowest BCUT2D eigenvalue weighted by atomic mass is 10.1. The number of carboxylic acids is 1. The third-order valence-electron chi connectivity index (χ3n) is 1.76. The number of rotatable bonds is 3. The summed E-state index contributed by atoms with van der Waals surface area (Å²) in [7, 11) is 0. The molecule has 0 aromatic heterocycles. The van der Waals surface area contributed by atoms with Crippen molar-refractivity contribution in [2.24, 2.45) is 0 Å². The summed E-state index contributed by atoms with van der Waals surface area (Å²) in [5.41, 5.74) is 1.68. The van der Waals surface area contributed by atoms with Crippen LogP contribution in [0.4, 0.5) is 0 Å². The molecule has 0 bridgehead atoms. The Morgan fingerprint density at radius 2 is 1.93 bits per heavy atom. The van der Waals surface area contributed by atoms with Crippen molar-refractivity contribution < 1.29 is 9.90 Å². The molecule has 1 rings (SSSR count). The molecule has 15 heavy (non-hydrogen) atoms. The van der Waals surface area contributed by atoms with Gasteiger partial charge in [-0.25, -0.2) is 4.79 Å². The number of benzene rings is 1. The molecule has 0 saturated heterocycles. The molecule has 0 saturated carbocycles. The van der Waals surface area contributed by atoms with Gasteiger partial charge in [0.15, 0.2) is 0 Å². The highest BCUT2D eigenvalue weighted by Crippen LogP contribution is 2.11. The third-order valence-corrected chi connectivity index (χ3v) is 2.01. The van der Waals surface area contributed by atoms with E-state index in [1.807, 2.05) is 18.2 Å². The van der Waals surface area contributed by atoms with Gasteiger partial charge in [-0.05, 0) is 30.2 Å². The molecule has 2 nitrogen and oxygen atoms in total. The SMILES string of the molecule is CC(/C=C\c1ccc(Cl)cc1)=C\C(=O)O. The predicted octanol–water partition coefficient (Wildman–Crippen LogP) is 3.38. The van der Waals surface area contributed by atoms with Crippen molar-refractivity contribution in [3.63, 3.8) is 0 Å². The van der Waals surface area contributed by atoms with Gasteiger partial charge in [0.2, 0.25) is 0 Å². The van der Waals surface area contributed by atoms with Crippen LogP contribution in [0.3, 0.4) is 0 Å². The van der Waals surface area contributed by atoms with Crippen LogP contribution in [-0.4, -0.2) is 11.1 Å². The molecule has 1 N–H and O–H groups in total. The second-order valence-electron chi connectivity index (χ2n) is 3.11. The second kappa shape index (κ2) is 5.37. The Morgan fingerprint density at radius 1 is 1.33 bits per heavy atom. The molecule has 0 fully saturated rings. The highest BCUT2D eigenvalue weighted by molar-refractivity contribution is 6.30. The van der Waals surface area contributed by atoms with E-state index in [1.54, 1.807) is 25.1 Å². The first kappa shape index (κ1) is 11.5. The van der Waals surface area contributed by atoms with Crippen LogP contribution in [0.2, 0.25) is 5.02 Å². The van der Waals surface area contributed by atoms with Crippen LogP contribution in [0, 0.1) is 0 Å². The van der Waals surface area contributed by atoms with E-state index >= 15 is 0 Å². The van der Waals surface area contributed by atoms with Gasteiger partial charge in [0.25, 0.3) is 0 Å². The average molecular weight is 223 g/mol. The van der Waals surface area contributed by atoms with Crippen molar-refractivity contribution in [3.05, 3.63) is 52.6 Å². The molecule has 3 heteroatoms. The van der Waals surface area contributed by atoms with E-state index in [0.29, 0.717) is 10.6 Å². The van der Waals surface area contributed by atoms with Crippen LogP contribution in [0.1, 0.15) is 12.5 Å². The van der Waals surface area contributed by atoms with Crippen LogP contribution < -0.4 is 0 Å². The van der Waals surface area contributed by atoms with Crippen molar-refractivity contribution in [2.45, 2.75) is 6.92 Å². The molecule has 78 valence electrons. The fourth-order valence-electron chi connectivity index (χ4n) is 1.04. The maximum atomic E-state index is 10.3. The third kappa shape index (κ3) is 4.47. The Balaban J connectivity index is 2.73. The van der Waals surface area contributed by atoms with E-state index in [9.17, 15) is 4.79 Å². The standard InChI is InChI=1S/C12H11ClO2/c1-9(8-12(14)15)2-3-10-4-6-11(13)7-5-10/h2-8H,1H3,(H,14,15)/b3-2-,9-8+. The van der Waals surface area contributed by atoms with Crippen molar-refractivity contribution >= 4 is 23.6 Å². The number of allylic oxidation sites excluding steroid dienone is 2. The van der Waals surface area contributed by atoms with Gasteiger partial charge in [-0.1, -0.05) is 35.9 Å². The summed E-state index contributed by atoms with van der Waals surface area (Å²) in [5, 5.41) is 9.17. The Morgan fingerprint density at radius 3 is 2.47 bits per heavy atom. The molecule has 0 atom stereocenters. The van der Waals surface area contributed by atoms with Crippen molar-refractivity contribution in [1.29, 1.82) is 0 Å². The van der Waals surface area contributed by atoms with Gasteiger partial charge in [-0.3, -0.25) is 0 Å². The molecule has 0 heterocycles. The van der Waals surface area contributed by atoms with Crippen molar-refractivity contribution in [3.8, 4) is 0 Å². The fraction of sp³-hybridized carbons (Fsp3) is 0.0833. The number of hydrogen-bond donors (Lipinski definition) is 1. The lowest BCUT2D eigenvalue weighted by Crippen LogP contribution is -1.87. The van der Waals surface area contributed by atoms with E-state index < -0.39 is 5.97 Å². The average Bonchev–Trinajstić information content (AvgIpc) is 2.16. The molecule has 1 aromatic carbocycles. The highest BCUT2D eigenvalue weighted by atomic mass is 35.5. The summed E-state index contributed by atoms with van der Waals surface area (Å²) >= 11 is 5.73. The smallest absolute Gasteiger partial charge is 0.328 e. The minimum atomic E-state index is -0.937. The lowest BCUT2D eigenvalue weighted by molar-refractivity contribution is -0.131. The summed E-state index contributed by atoms with van der Waals surface area (Å²) in [6, 6.07) is 7.31. The molecule has 0 radical (unpaired) electrons. The zero-order valence-corrected chi connectivity index (χ0v) is 9.03. The van der Waals surface area contributed by atoms with E-state index in [2.05, 4.69) is 0 Å². The zero-order chi connectivity index (χ0) is 11.3. The van der Waals surface area contributed by atoms with E-state index in [-0.39, 0.29) is 0 Å². The molecule has 0 unspecified atom stereocenters. The summed E-state index contributed by atoms with van der Waals surface area (Å²) in [6.45, 7) is 1.74. The minimum absolute atomic E-state index is 0.685. The van der Waals surface area contributed by atoms with Gasteiger partial charge >= 0.3 is 5.97 Å².